The molecule has 114 valence electrons. The Balaban J connectivity index is 1.93. The van der Waals surface area contributed by atoms with Crippen molar-refractivity contribution in [2.24, 2.45) is 11.3 Å². The summed E-state index contributed by atoms with van der Waals surface area (Å²) in [5, 5.41) is 0. The summed E-state index contributed by atoms with van der Waals surface area (Å²) in [5.41, 5.74) is -0.340. The molecule has 4 rings (SSSR count). The van der Waals surface area contributed by atoms with Gasteiger partial charge in [0.05, 0.1) is 23.5 Å². The van der Waals surface area contributed by atoms with E-state index in [4.69, 9.17) is 14.2 Å². The summed E-state index contributed by atoms with van der Waals surface area (Å²) in [6, 6.07) is 0. The predicted molar refractivity (Wildman–Crippen MR) is 72.3 cm³/mol. The second-order valence-corrected chi connectivity index (χ2v) is 7.03. The van der Waals surface area contributed by atoms with Gasteiger partial charge in [-0.2, -0.15) is 0 Å². The molecule has 0 amide bonds. The van der Waals surface area contributed by atoms with Crippen molar-refractivity contribution in [3.63, 3.8) is 0 Å². The molecule has 21 heavy (non-hydrogen) atoms. The van der Waals surface area contributed by atoms with E-state index in [0.29, 0.717) is 17.6 Å². The zero-order chi connectivity index (χ0) is 15.2. The van der Waals surface area contributed by atoms with Crippen LogP contribution in [0.3, 0.4) is 0 Å². The molecule has 0 unspecified atom stereocenters. The molecule has 2 aliphatic heterocycles. The van der Waals surface area contributed by atoms with Gasteiger partial charge < -0.3 is 14.2 Å². The van der Waals surface area contributed by atoms with Crippen molar-refractivity contribution in [2.75, 3.05) is 7.11 Å². The number of hydrogen-bond donors (Lipinski definition) is 0. The van der Waals surface area contributed by atoms with Gasteiger partial charge in [-0.3, -0.25) is 4.79 Å². The summed E-state index contributed by atoms with van der Waals surface area (Å²) in [7, 11) is 1.49. The summed E-state index contributed by atoms with van der Waals surface area (Å²) in [6.07, 6.45) is 2.42. The Morgan fingerprint density at radius 3 is 2.67 bits per heavy atom. The molecule has 0 N–H and O–H groups in total. The standard InChI is InChI=1S/C16H20O5/c1-8-5-6-10-15(20-10)7-16(19-4)11(9(2)13(18)21-16)12(17)14(8,15)3/h8,10H,5-7H2,1-4H3/t8-,10+,14-,15+,16+/m0/s1. The third kappa shape index (κ3) is 1.23. The smallest absolute Gasteiger partial charge is 0.337 e. The number of hydrogen-bond acceptors (Lipinski definition) is 5. The monoisotopic (exact) mass is 292 g/mol. The van der Waals surface area contributed by atoms with Crippen molar-refractivity contribution in [3.8, 4) is 0 Å². The summed E-state index contributed by atoms with van der Waals surface area (Å²) in [5.74, 6) is -1.52. The van der Waals surface area contributed by atoms with E-state index >= 15 is 0 Å². The molecule has 1 saturated heterocycles. The number of fused-ring (bicyclic) bond motifs is 1. The Morgan fingerprint density at radius 2 is 2.00 bits per heavy atom. The highest BCUT2D eigenvalue weighted by Gasteiger charge is 2.80. The molecular weight excluding hydrogens is 272 g/mol. The fourth-order valence-electron chi connectivity index (χ4n) is 4.79. The minimum absolute atomic E-state index is 0.0337. The van der Waals surface area contributed by atoms with Crippen molar-refractivity contribution in [2.45, 2.75) is 57.5 Å². The van der Waals surface area contributed by atoms with Gasteiger partial charge in [0.1, 0.15) is 5.60 Å². The number of methoxy groups -OCH3 is 1. The van der Waals surface area contributed by atoms with Crippen molar-refractivity contribution in [3.05, 3.63) is 11.1 Å². The lowest BCUT2D eigenvalue weighted by molar-refractivity contribution is -0.214. The van der Waals surface area contributed by atoms with E-state index in [2.05, 4.69) is 6.92 Å². The number of ether oxygens (including phenoxy) is 3. The Labute approximate surface area is 123 Å². The third-order valence-corrected chi connectivity index (χ3v) is 6.39. The first-order valence-corrected chi connectivity index (χ1v) is 7.55. The summed E-state index contributed by atoms with van der Waals surface area (Å²) in [4.78, 5) is 25.3. The van der Waals surface area contributed by atoms with Crippen LogP contribution in [0.1, 0.15) is 40.0 Å². The van der Waals surface area contributed by atoms with Gasteiger partial charge in [0.2, 0.25) is 5.79 Å². The van der Waals surface area contributed by atoms with Crippen LogP contribution in [0.4, 0.5) is 0 Å². The van der Waals surface area contributed by atoms with Crippen LogP contribution in [0.25, 0.3) is 0 Å². The van der Waals surface area contributed by atoms with Crippen molar-refractivity contribution >= 4 is 11.8 Å². The molecule has 0 aromatic rings. The molecule has 4 aliphatic rings. The molecule has 3 fully saturated rings. The third-order valence-electron chi connectivity index (χ3n) is 6.39. The highest BCUT2D eigenvalue weighted by atomic mass is 16.7. The van der Waals surface area contributed by atoms with Crippen LogP contribution >= 0.6 is 0 Å². The largest absolute Gasteiger partial charge is 0.425 e. The predicted octanol–water partition coefficient (Wildman–Crippen LogP) is 1.75. The number of carbonyl (C=O) groups is 2. The average Bonchev–Trinajstić information content (AvgIpc) is 3.09. The Kier molecular flexibility index (Phi) is 2.29. The minimum atomic E-state index is -1.25. The van der Waals surface area contributed by atoms with Crippen LogP contribution in [-0.2, 0) is 23.8 Å². The Hall–Kier alpha value is -1.20. The maximum Gasteiger partial charge on any atom is 0.337 e. The van der Waals surface area contributed by atoms with Crippen LogP contribution in [0.15, 0.2) is 11.1 Å². The Morgan fingerprint density at radius 1 is 1.29 bits per heavy atom. The van der Waals surface area contributed by atoms with E-state index in [1.165, 1.54) is 7.11 Å². The fraction of sp³-hybridized carbons (Fsp3) is 0.750. The number of Topliss-reactive ketones (excluding diaryl/α,β-unsaturated/α-hetero) is 1. The van der Waals surface area contributed by atoms with E-state index in [9.17, 15) is 9.59 Å². The van der Waals surface area contributed by atoms with Gasteiger partial charge in [-0.25, -0.2) is 4.79 Å². The molecular formula is C16H20O5. The van der Waals surface area contributed by atoms with Crippen LogP contribution in [-0.4, -0.2) is 36.4 Å². The molecule has 5 atom stereocenters. The normalized spacial score (nSPS) is 51.2. The first-order valence-electron chi connectivity index (χ1n) is 7.55. The molecule has 5 nitrogen and oxygen atoms in total. The van der Waals surface area contributed by atoms with Crippen LogP contribution < -0.4 is 0 Å². The number of epoxide rings is 1. The van der Waals surface area contributed by atoms with E-state index < -0.39 is 22.8 Å². The molecule has 1 spiro atoms. The van der Waals surface area contributed by atoms with E-state index in [1.807, 2.05) is 6.92 Å². The molecule has 0 aromatic heterocycles. The van der Waals surface area contributed by atoms with E-state index in [0.717, 1.165) is 12.8 Å². The zero-order valence-corrected chi connectivity index (χ0v) is 12.8. The second kappa shape index (κ2) is 3.58. The maximum atomic E-state index is 13.3. The van der Waals surface area contributed by atoms with Crippen LogP contribution in [0, 0.1) is 11.3 Å². The molecule has 2 saturated carbocycles. The number of carbonyl (C=O) groups excluding carboxylic acids is 2. The van der Waals surface area contributed by atoms with Gasteiger partial charge in [-0.1, -0.05) is 6.92 Å². The Bertz CT molecular complexity index is 608. The molecule has 0 bridgehead atoms. The number of esters is 1. The highest BCUT2D eigenvalue weighted by molar-refractivity contribution is 6.12. The van der Waals surface area contributed by atoms with Gasteiger partial charge in [0.25, 0.3) is 0 Å². The van der Waals surface area contributed by atoms with Crippen molar-refractivity contribution in [1.29, 1.82) is 0 Å². The number of rotatable bonds is 1. The number of ketones is 1. The summed E-state index contributed by atoms with van der Waals surface area (Å²) >= 11 is 0. The molecule has 0 radical (unpaired) electrons. The van der Waals surface area contributed by atoms with Gasteiger partial charge in [-0.15, -0.1) is 0 Å². The van der Waals surface area contributed by atoms with Gasteiger partial charge in [0.15, 0.2) is 5.78 Å². The lowest BCUT2D eigenvalue weighted by Gasteiger charge is -2.50. The van der Waals surface area contributed by atoms with Gasteiger partial charge >= 0.3 is 5.97 Å². The fourth-order valence-corrected chi connectivity index (χ4v) is 4.79. The van der Waals surface area contributed by atoms with E-state index in [-0.39, 0.29) is 17.8 Å². The first-order chi connectivity index (χ1) is 9.82. The maximum absolute atomic E-state index is 13.3. The summed E-state index contributed by atoms with van der Waals surface area (Å²) < 4.78 is 17.0. The quantitative estimate of drug-likeness (QED) is 0.544. The van der Waals surface area contributed by atoms with Crippen LogP contribution in [0.2, 0.25) is 0 Å². The second-order valence-electron chi connectivity index (χ2n) is 7.03. The SMILES string of the molecule is CO[C@@]12C[C@@]34O[C@@H]3CC[C@H](C)[C@@]4(C)C(=O)C1=C(C)C(=O)O2. The molecule has 5 heteroatoms. The highest BCUT2D eigenvalue weighted by Crippen LogP contribution is 2.69. The lowest BCUT2D eigenvalue weighted by atomic mass is 9.52. The average molecular weight is 292 g/mol. The zero-order valence-electron chi connectivity index (χ0n) is 12.8. The van der Waals surface area contributed by atoms with Gasteiger partial charge in [0, 0.05) is 12.7 Å². The first kappa shape index (κ1) is 13.5. The van der Waals surface area contributed by atoms with Gasteiger partial charge in [-0.05, 0) is 32.6 Å². The minimum Gasteiger partial charge on any atom is -0.425 e. The van der Waals surface area contributed by atoms with Crippen molar-refractivity contribution < 1.29 is 23.8 Å². The topological polar surface area (TPSA) is 65.1 Å². The van der Waals surface area contributed by atoms with Crippen molar-refractivity contribution in [1.82, 2.24) is 0 Å². The lowest BCUT2D eigenvalue weighted by Crippen LogP contribution is -2.62. The molecule has 2 heterocycles. The van der Waals surface area contributed by atoms with Crippen LogP contribution in [0.5, 0.6) is 0 Å². The van der Waals surface area contributed by atoms with E-state index in [1.54, 1.807) is 6.92 Å². The summed E-state index contributed by atoms with van der Waals surface area (Å²) in [6.45, 7) is 5.74. The molecule has 2 aliphatic carbocycles. The molecule has 0 aromatic carbocycles.